The smallest absolute Gasteiger partial charge is 0.427 e. The number of hydrogen-bond acceptors (Lipinski definition) is 6. The van der Waals surface area contributed by atoms with E-state index in [0.717, 1.165) is 6.07 Å². The Morgan fingerprint density at radius 3 is 2.64 bits per heavy atom. The molecule has 0 spiro atoms. The molecule has 0 saturated heterocycles. The van der Waals surface area contributed by atoms with Crippen molar-refractivity contribution < 1.29 is 28.2 Å². The maximum Gasteiger partial charge on any atom is 0.427 e. The van der Waals surface area contributed by atoms with Crippen molar-refractivity contribution in [2.45, 2.75) is 0 Å². The van der Waals surface area contributed by atoms with Crippen LogP contribution in [-0.2, 0) is 9.53 Å². The molecule has 2 N–H and O–H groups in total. The van der Waals surface area contributed by atoms with E-state index in [9.17, 15) is 14.0 Å². The van der Waals surface area contributed by atoms with Crippen LogP contribution in [0, 0.1) is 5.82 Å². The first kappa shape index (κ1) is 21.0. The van der Waals surface area contributed by atoms with Gasteiger partial charge in [-0.3, -0.25) is 4.79 Å². The summed E-state index contributed by atoms with van der Waals surface area (Å²) in [6, 6.07) is 8.67. The van der Waals surface area contributed by atoms with Gasteiger partial charge >= 0.3 is 6.09 Å². The molecule has 0 radical (unpaired) electrons. The van der Waals surface area contributed by atoms with Crippen LogP contribution >= 0.6 is 11.6 Å². The number of anilines is 1. The molecule has 0 bridgehead atoms. The monoisotopic (exact) mass is 409 g/mol. The second-order valence-corrected chi connectivity index (χ2v) is 5.64. The summed E-state index contributed by atoms with van der Waals surface area (Å²) in [5.74, 6) is -0.351. The molecule has 0 aromatic heterocycles. The summed E-state index contributed by atoms with van der Waals surface area (Å²) in [4.78, 5) is 22.9. The Hall–Kier alpha value is -3.33. The topological polar surface area (TPSA) is 98.3 Å². The van der Waals surface area contributed by atoms with Gasteiger partial charge in [0, 0.05) is 5.69 Å². The number of hydrogen-bond donors (Lipinski definition) is 2. The van der Waals surface area contributed by atoms with Crippen LogP contribution in [0.3, 0.4) is 0 Å². The van der Waals surface area contributed by atoms with Gasteiger partial charge in [0.25, 0.3) is 5.91 Å². The summed E-state index contributed by atoms with van der Waals surface area (Å²) in [6.07, 6.45) is 0.686. The van der Waals surface area contributed by atoms with Crippen LogP contribution in [0.4, 0.5) is 14.9 Å². The standard InChI is InChI=1S/C18H17ClFN3O5/c1-26-16-7-11(9-21-23-18(25)27-2)3-6-15(16)28-10-17(24)22-12-4-5-14(20)13(19)8-12/h3-9H,10H2,1-2H3,(H,22,24)(H,23,25)/b21-9-. The number of nitrogens with zero attached hydrogens (tertiary/aromatic N) is 1. The summed E-state index contributed by atoms with van der Waals surface area (Å²) in [7, 11) is 2.66. The molecular weight excluding hydrogens is 393 g/mol. The highest BCUT2D eigenvalue weighted by atomic mass is 35.5. The van der Waals surface area contributed by atoms with Crippen LogP contribution < -0.4 is 20.2 Å². The lowest BCUT2D eigenvalue weighted by Gasteiger charge is -2.11. The molecule has 0 atom stereocenters. The highest BCUT2D eigenvalue weighted by Gasteiger charge is 2.10. The molecule has 28 heavy (non-hydrogen) atoms. The fourth-order valence-electron chi connectivity index (χ4n) is 2.00. The average Bonchev–Trinajstić information content (AvgIpc) is 2.69. The molecule has 0 saturated carbocycles. The van der Waals surface area contributed by atoms with E-state index in [1.807, 2.05) is 0 Å². The summed E-state index contributed by atoms with van der Waals surface area (Å²) < 4.78 is 28.2. The van der Waals surface area contributed by atoms with E-state index >= 15 is 0 Å². The molecule has 2 amide bonds. The van der Waals surface area contributed by atoms with Gasteiger partial charge < -0.3 is 19.5 Å². The minimum absolute atomic E-state index is 0.0978. The third-order valence-corrected chi connectivity index (χ3v) is 3.59. The van der Waals surface area contributed by atoms with Crippen molar-refractivity contribution in [3.8, 4) is 11.5 Å². The van der Waals surface area contributed by atoms with Crippen molar-refractivity contribution in [2.75, 3.05) is 26.1 Å². The predicted octanol–water partition coefficient (Wildman–Crippen LogP) is 3.20. The van der Waals surface area contributed by atoms with Gasteiger partial charge in [-0.25, -0.2) is 14.6 Å². The number of ether oxygens (including phenoxy) is 3. The highest BCUT2D eigenvalue weighted by Crippen LogP contribution is 2.27. The van der Waals surface area contributed by atoms with Crippen LogP contribution in [0.25, 0.3) is 0 Å². The number of hydrazone groups is 1. The summed E-state index contributed by atoms with van der Waals surface area (Å²) in [6.45, 7) is -0.303. The van der Waals surface area contributed by atoms with Crippen LogP contribution in [0.2, 0.25) is 5.02 Å². The summed E-state index contributed by atoms with van der Waals surface area (Å²) in [5, 5.41) is 6.15. The Bertz CT molecular complexity index is 892. The van der Waals surface area contributed by atoms with Crippen LogP contribution in [-0.4, -0.2) is 39.0 Å². The molecule has 2 aromatic carbocycles. The van der Waals surface area contributed by atoms with E-state index in [-0.39, 0.29) is 11.6 Å². The molecule has 0 unspecified atom stereocenters. The molecule has 2 rings (SSSR count). The molecule has 0 aliphatic carbocycles. The Morgan fingerprint density at radius 2 is 1.96 bits per heavy atom. The van der Waals surface area contributed by atoms with E-state index in [1.54, 1.807) is 18.2 Å². The van der Waals surface area contributed by atoms with Gasteiger partial charge in [0.05, 0.1) is 25.5 Å². The van der Waals surface area contributed by atoms with E-state index in [1.165, 1.54) is 32.6 Å². The zero-order valence-corrected chi connectivity index (χ0v) is 15.7. The van der Waals surface area contributed by atoms with E-state index in [2.05, 4.69) is 20.6 Å². The number of nitrogens with one attached hydrogen (secondary N) is 2. The minimum atomic E-state index is -0.698. The van der Waals surface area contributed by atoms with Gasteiger partial charge in [-0.2, -0.15) is 5.10 Å². The van der Waals surface area contributed by atoms with Crippen molar-refractivity contribution in [1.29, 1.82) is 0 Å². The maximum absolute atomic E-state index is 13.1. The van der Waals surface area contributed by atoms with Crippen molar-refractivity contribution >= 4 is 35.5 Å². The second kappa shape index (κ2) is 10.1. The van der Waals surface area contributed by atoms with Gasteiger partial charge in [-0.15, -0.1) is 0 Å². The van der Waals surface area contributed by atoms with Crippen molar-refractivity contribution in [2.24, 2.45) is 5.10 Å². The largest absolute Gasteiger partial charge is 0.493 e. The Morgan fingerprint density at radius 1 is 1.18 bits per heavy atom. The number of carbonyl (C=O) groups is 2. The zero-order chi connectivity index (χ0) is 20.5. The average molecular weight is 410 g/mol. The Kier molecular flexibility index (Phi) is 7.58. The fourth-order valence-corrected chi connectivity index (χ4v) is 2.18. The van der Waals surface area contributed by atoms with Gasteiger partial charge in [0.2, 0.25) is 0 Å². The quantitative estimate of drug-likeness (QED) is 0.540. The first-order valence-corrected chi connectivity index (χ1v) is 8.23. The number of methoxy groups -OCH3 is 2. The SMILES string of the molecule is COC(=O)N/N=C\c1ccc(OCC(=O)Nc2ccc(F)c(Cl)c2)c(OC)c1. The van der Waals surface area contributed by atoms with Crippen molar-refractivity contribution in [3.05, 3.63) is 52.8 Å². The summed E-state index contributed by atoms with van der Waals surface area (Å²) >= 11 is 5.67. The lowest BCUT2D eigenvalue weighted by molar-refractivity contribution is -0.118. The first-order chi connectivity index (χ1) is 13.4. The second-order valence-electron chi connectivity index (χ2n) is 5.24. The third kappa shape index (κ3) is 6.13. The number of amides is 2. The lowest BCUT2D eigenvalue weighted by atomic mass is 10.2. The zero-order valence-electron chi connectivity index (χ0n) is 15.0. The predicted molar refractivity (Wildman–Crippen MR) is 102 cm³/mol. The van der Waals surface area contributed by atoms with Gasteiger partial charge in [0.1, 0.15) is 5.82 Å². The molecule has 0 heterocycles. The van der Waals surface area contributed by atoms with Gasteiger partial charge in [-0.05, 0) is 42.0 Å². The van der Waals surface area contributed by atoms with Crippen LogP contribution in [0.1, 0.15) is 5.56 Å². The van der Waals surface area contributed by atoms with Gasteiger partial charge in [-0.1, -0.05) is 11.6 Å². The highest BCUT2D eigenvalue weighted by molar-refractivity contribution is 6.31. The molecule has 148 valence electrons. The minimum Gasteiger partial charge on any atom is -0.493 e. The molecule has 0 fully saturated rings. The van der Waals surface area contributed by atoms with E-state index in [0.29, 0.717) is 22.7 Å². The molecule has 8 nitrogen and oxygen atoms in total. The number of rotatable bonds is 7. The number of halogens is 2. The third-order valence-electron chi connectivity index (χ3n) is 3.30. The molecule has 0 aliphatic heterocycles. The molecular formula is C18H17ClFN3O5. The van der Waals surface area contributed by atoms with E-state index < -0.39 is 17.8 Å². The molecule has 10 heteroatoms. The Balaban J connectivity index is 1.96. The van der Waals surface area contributed by atoms with E-state index in [4.69, 9.17) is 21.1 Å². The number of benzene rings is 2. The molecule has 2 aromatic rings. The number of carbonyl (C=O) groups excluding carboxylic acids is 2. The van der Waals surface area contributed by atoms with Gasteiger partial charge in [0.15, 0.2) is 18.1 Å². The summed E-state index contributed by atoms with van der Waals surface area (Å²) in [5.41, 5.74) is 3.11. The Labute approximate surface area is 165 Å². The normalized spacial score (nSPS) is 10.4. The van der Waals surface area contributed by atoms with Crippen molar-refractivity contribution in [3.63, 3.8) is 0 Å². The molecule has 0 aliphatic rings. The first-order valence-electron chi connectivity index (χ1n) is 7.85. The lowest BCUT2D eigenvalue weighted by Crippen LogP contribution is -2.20. The maximum atomic E-state index is 13.1. The van der Waals surface area contributed by atoms with Crippen molar-refractivity contribution in [1.82, 2.24) is 5.43 Å². The van der Waals surface area contributed by atoms with Crippen LogP contribution in [0.15, 0.2) is 41.5 Å². The van der Waals surface area contributed by atoms with Crippen LogP contribution in [0.5, 0.6) is 11.5 Å². The fraction of sp³-hybridized carbons (Fsp3) is 0.167.